The van der Waals surface area contributed by atoms with Crippen molar-refractivity contribution < 1.29 is 0 Å². The molecule has 0 saturated carbocycles. The van der Waals surface area contributed by atoms with Gasteiger partial charge in [-0.05, 0) is 42.7 Å². The Bertz CT molecular complexity index is 565. The van der Waals surface area contributed by atoms with Crippen LogP contribution in [0.3, 0.4) is 0 Å². The van der Waals surface area contributed by atoms with Crippen LogP contribution in [0, 0.1) is 0 Å². The lowest BCUT2D eigenvalue weighted by molar-refractivity contribution is 0.414. The van der Waals surface area contributed by atoms with E-state index in [1.165, 1.54) is 24.1 Å². The van der Waals surface area contributed by atoms with Gasteiger partial charge >= 0.3 is 0 Å². The number of pyridine rings is 1. The molecule has 1 aromatic heterocycles. The number of anilines is 1. The third-order valence-corrected chi connectivity index (χ3v) is 4.50. The first-order chi connectivity index (χ1) is 10.3. The number of hydrogen-bond acceptors (Lipinski definition) is 3. The Balaban J connectivity index is 1.48. The van der Waals surface area contributed by atoms with E-state index in [1.807, 2.05) is 12.4 Å². The first kappa shape index (κ1) is 14.5. The van der Waals surface area contributed by atoms with E-state index in [9.17, 15) is 0 Å². The second-order valence-electron chi connectivity index (χ2n) is 5.48. The van der Waals surface area contributed by atoms with Gasteiger partial charge in [-0.25, -0.2) is 0 Å². The minimum Gasteiger partial charge on any atom is -0.371 e. The van der Waals surface area contributed by atoms with Crippen molar-refractivity contribution in [3.63, 3.8) is 0 Å². The molecular formula is C17H20BrN3. The summed E-state index contributed by atoms with van der Waals surface area (Å²) in [5, 5.41) is 3.68. The van der Waals surface area contributed by atoms with Crippen LogP contribution < -0.4 is 10.2 Å². The van der Waals surface area contributed by atoms with Crippen LogP contribution in [0.15, 0.2) is 53.3 Å². The maximum atomic E-state index is 4.08. The fourth-order valence-corrected chi connectivity index (χ4v) is 3.25. The molecule has 110 valence electrons. The molecule has 2 aromatic rings. The summed E-state index contributed by atoms with van der Waals surface area (Å²) in [6.45, 7) is 3.17. The van der Waals surface area contributed by atoms with Crippen LogP contribution in [0.4, 0.5) is 5.69 Å². The second-order valence-corrected chi connectivity index (χ2v) is 6.39. The first-order valence-electron chi connectivity index (χ1n) is 7.44. The highest BCUT2D eigenvalue weighted by molar-refractivity contribution is 9.10. The minimum atomic E-state index is 0.613. The molecule has 0 unspecified atom stereocenters. The maximum Gasteiger partial charge on any atom is 0.0397 e. The highest BCUT2D eigenvalue weighted by Crippen LogP contribution is 2.19. The molecule has 1 saturated heterocycles. The molecule has 1 fully saturated rings. The third kappa shape index (κ3) is 4.05. The molecule has 0 bridgehead atoms. The molecule has 0 radical (unpaired) electrons. The number of benzene rings is 1. The van der Waals surface area contributed by atoms with E-state index >= 15 is 0 Å². The van der Waals surface area contributed by atoms with Gasteiger partial charge in [0.15, 0.2) is 0 Å². The van der Waals surface area contributed by atoms with Crippen LogP contribution in [0.2, 0.25) is 0 Å². The summed E-state index contributed by atoms with van der Waals surface area (Å²) < 4.78 is 1.15. The molecule has 3 rings (SSSR count). The van der Waals surface area contributed by atoms with Crippen molar-refractivity contribution in [1.82, 2.24) is 10.3 Å². The predicted octanol–water partition coefficient (Wildman–Crippen LogP) is 3.60. The number of halogens is 1. The van der Waals surface area contributed by atoms with Crippen molar-refractivity contribution in [3.05, 3.63) is 58.8 Å². The van der Waals surface area contributed by atoms with Gasteiger partial charge in [-0.2, -0.15) is 0 Å². The third-order valence-electron chi connectivity index (χ3n) is 4.01. The smallest absolute Gasteiger partial charge is 0.0397 e. The molecular weight excluding hydrogens is 326 g/mol. The fraction of sp³-hybridized carbons (Fsp3) is 0.353. The van der Waals surface area contributed by atoms with Crippen molar-refractivity contribution >= 4 is 21.6 Å². The predicted molar refractivity (Wildman–Crippen MR) is 90.5 cm³/mol. The molecule has 0 aliphatic carbocycles. The number of hydrogen-bond donors (Lipinski definition) is 1. The summed E-state index contributed by atoms with van der Waals surface area (Å²) >= 11 is 3.52. The van der Waals surface area contributed by atoms with Gasteiger partial charge in [0.05, 0.1) is 0 Å². The molecule has 3 nitrogen and oxygen atoms in total. The van der Waals surface area contributed by atoms with E-state index in [1.54, 1.807) is 0 Å². The molecule has 1 N–H and O–H groups in total. The largest absolute Gasteiger partial charge is 0.371 e. The van der Waals surface area contributed by atoms with E-state index in [0.717, 1.165) is 24.1 Å². The van der Waals surface area contributed by atoms with Crippen LogP contribution in [-0.2, 0) is 6.54 Å². The van der Waals surface area contributed by atoms with Gasteiger partial charge in [-0.3, -0.25) is 4.98 Å². The van der Waals surface area contributed by atoms with Crippen LogP contribution in [0.25, 0.3) is 0 Å². The second kappa shape index (κ2) is 7.05. The van der Waals surface area contributed by atoms with Gasteiger partial charge in [0.2, 0.25) is 0 Å². The molecule has 21 heavy (non-hydrogen) atoms. The fourth-order valence-electron chi connectivity index (χ4n) is 2.81. The lowest BCUT2D eigenvalue weighted by atomic mass is 10.0. The maximum absolute atomic E-state index is 4.08. The SMILES string of the molecule is Brc1cccc(CNC2CCN(c3ccncc3)CC2)c1. The van der Waals surface area contributed by atoms with Gasteiger partial charge in [0.1, 0.15) is 0 Å². The van der Waals surface area contributed by atoms with E-state index in [2.05, 4.69) is 67.5 Å². The molecule has 1 aliphatic heterocycles. The Morgan fingerprint density at radius 2 is 1.90 bits per heavy atom. The topological polar surface area (TPSA) is 28.2 Å². The van der Waals surface area contributed by atoms with E-state index in [4.69, 9.17) is 0 Å². The van der Waals surface area contributed by atoms with Crippen LogP contribution in [-0.4, -0.2) is 24.1 Å². The monoisotopic (exact) mass is 345 g/mol. The van der Waals surface area contributed by atoms with Crippen LogP contribution in [0.5, 0.6) is 0 Å². The molecule has 1 aliphatic rings. The summed E-state index contributed by atoms with van der Waals surface area (Å²) in [4.78, 5) is 6.53. The van der Waals surface area contributed by atoms with Gasteiger partial charge in [-0.15, -0.1) is 0 Å². The molecule has 1 aromatic carbocycles. The Hall–Kier alpha value is -1.39. The number of aromatic nitrogens is 1. The highest BCUT2D eigenvalue weighted by Gasteiger charge is 2.18. The van der Waals surface area contributed by atoms with Crippen LogP contribution in [0.1, 0.15) is 18.4 Å². The van der Waals surface area contributed by atoms with Crippen molar-refractivity contribution in [2.75, 3.05) is 18.0 Å². The van der Waals surface area contributed by atoms with Crippen molar-refractivity contribution in [2.24, 2.45) is 0 Å². The number of nitrogens with zero attached hydrogens (tertiary/aromatic N) is 2. The first-order valence-corrected chi connectivity index (χ1v) is 8.23. The highest BCUT2D eigenvalue weighted by atomic mass is 79.9. The molecule has 0 amide bonds. The van der Waals surface area contributed by atoms with Gasteiger partial charge in [0, 0.05) is 48.2 Å². The Kier molecular flexibility index (Phi) is 4.88. The number of piperidine rings is 1. The van der Waals surface area contributed by atoms with Gasteiger partial charge in [-0.1, -0.05) is 28.1 Å². The van der Waals surface area contributed by atoms with Gasteiger partial charge in [0.25, 0.3) is 0 Å². The Morgan fingerprint density at radius 3 is 2.62 bits per heavy atom. The zero-order chi connectivity index (χ0) is 14.5. The normalized spacial score (nSPS) is 16.1. The zero-order valence-electron chi connectivity index (χ0n) is 12.0. The van der Waals surface area contributed by atoms with E-state index in [0.29, 0.717) is 6.04 Å². The summed E-state index contributed by atoms with van der Waals surface area (Å²) in [5.74, 6) is 0. The molecule has 0 spiro atoms. The minimum absolute atomic E-state index is 0.613. The molecule has 2 heterocycles. The lowest BCUT2D eigenvalue weighted by Crippen LogP contribution is -2.42. The standard InChI is InChI=1S/C17H20BrN3/c18-15-3-1-2-14(12-15)13-20-16-6-10-21(11-7-16)17-4-8-19-9-5-17/h1-5,8-9,12,16,20H,6-7,10-11,13H2. The summed E-state index contributed by atoms with van der Waals surface area (Å²) in [6, 6.07) is 13.3. The number of rotatable bonds is 4. The molecule has 0 atom stereocenters. The number of nitrogens with one attached hydrogen (secondary N) is 1. The summed E-state index contributed by atoms with van der Waals surface area (Å²) in [5.41, 5.74) is 2.62. The van der Waals surface area contributed by atoms with Crippen molar-refractivity contribution in [1.29, 1.82) is 0 Å². The Labute approximate surface area is 134 Å². The van der Waals surface area contributed by atoms with E-state index < -0.39 is 0 Å². The summed E-state index contributed by atoms with van der Waals surface area (Å²) in [6.07, 6.45) is 6.12. The van der Waals surface area contributed by atoms with Crippen LogP contribution >= 0.6 is 15.9 Å². The Morgan fingerprint density at radius 1 is 1.14 bits per heavy atom. The van der Waals surface area contributed by atoms with Crippen molar-refractivity contribution in [2.45, 2.75) is 25.4 Å². The quantitative estimate of drug-likeness (QED) is 0.917. The average Bonchev–Trinajstić information content (AvgIpc) is 2.54. The molecule has 4 heteroatoms. The lowest BCUT2D eigenvalue weighted by Gasteiger charge is -2.34. The zero-order valence-corrected chi connectivity index (χ0v) is 13.6. The van der Waals surface area contributed by atoms with E-state index in [-0.39, 0.29) is 0 Å². The average molecular weight is 346 g/mol. The summed E-state index contributed by atoms with van der Waals surface area (Å²) in [7, 11) is 0. The van der Waals surface area contributed by atoms with Crippen molar-refractivity contribution in [3.8, 4) is 0 Å². The van der Waals surface area contributed by atoms with Gasteiger partial charge < -0.3 is 10.2 Å².